The Bertz CT molecular complexity index is 462. The van der Waals surface area contributed by atoms with Gasteiger partial charge in [-0.1, -0.05) is 12.8 Å². The fourth-order valence-electron chi connectivity index (χ4n) is 5.26. The van der Waals surface area contributed by atoms with Crippen molar-refractivity contribution in [2.24, 2.45) is 17.8 Å². The molecule has 4 heteroatoms. The summed E-state index contributed by atoms with van der Waals surface area (Å²) < 4.78 is 12.1. The van der Waals surface area contributed by atoms with Crippen LogP contribution in [0.1, 0.15) is 77.0 Å². The number of rotatable bonds is 7. The number of carbonyl (C=O) groups is 1. The van der Waals surface area contributed by atoms with E-state index in [-0.39, 0.29) is 5.60 Å². The molecule has 0 aromatic carbocycles. The van der Waals surface area contributed by atoms with Gasteiger partial charge in [0.15, 0.2) is 0 Å². The summed E-state index contributed by atoms with van der Waals surface area (Å²) in [5.74, 6) is 2.66. The van der Waals surface area contributed by atoms with Crippen molar-refractivity contribution in [3.63, 3.8) is 0 Å². The van der Waals surface area contributed by atoms with Crippen LogP contribution < -0.4 is 0 Å². The van der Waals surface area contributed by atoms with Crippen molar-refractivity contribution in [2.75, 3.05) is 32.9 Å². The zero-order chi connectivity index (χ0) is 17.8. The Balaban J connectivity index is 1.18. The standard InChI is InChI=1S/C22H37NO3/c24-21(15-18-3-1-2-4-18)23-11-9-22(10-12-23)16-19(8-14-26-22)7-13-25-17-20-5-6-20/h18-20H,1-17H2. The summed E-state index contributed by atoms with van der Waals surface area (Å²) in [5, 5.41) is 0. The molecule has 4 rings (SSSR count). The number of amides is 1. The van der Waals surface area contributed by atoms with Crippen molar-refractivity contribution >= 4 is 5.91 Å². The van der Waals surface area contributed by atoms with Gasteiger partial charge in [0.25, 0.3) is 0 Å². The highest BCUT2D eigenvalue weighted by molar-refractivity contribution is 5.76. The van der Waals surface area contributed by atoms with Gasteiger partial charge in [0.1, 0.15) is 0 Å². The molecular formula is C22H37NO3. The number of hydrogen-bond acceptors (Lipinski definition) is 3. The second-order valence-electron chi connectivity index (χ2n) is 9.43. The molecule has 4 fully saturated rings. The quantitative estimate of drug-likeness (QED) is 0.637. The van der Waals surface area contributed by atoms with Crippen LogP contribution in [-0.4, -0.2) is 49.3 Å². The number of nitrogens with zero attached hydrogens (tertiary/aromatic N) is 1. The minimum absolute atomic E-state index is 0.0452. The first kappa shape index (κ1) is 18.7. The highest BCUT2D eigenvalue weighted by atomic mass is 16.5. The normalized spacial score (nSPS) is 29.4. The van der Waals surface area contributed by atoms with Gasteiger partial charge < -0.3 is 14.4 Å². The van der Waals surface area contributed by atoms with E-state index in [9.17, 15) is 4.79 Å². The minimum atomic E-state index is 0.0452. The fourth-order valence-corrected chi connectivity index (χ4v) is 5.26. The second-order valence-corrected chi connectivity index (χ2v) is 9.43. The van der Waals surface area contributed by atoms with E-state index in [2.05, 4.69) is 4.90 Å². The number of carbonyl (C=O) groups excluding carboxylic acids is 1. The number of likely N-dealkylation sites (tertiary alicyclic amines) is 1. The zero-order valence-electron chi connectivity index (χ0n) is 16.4. The van der Waals surface area contributed by atoms with Crippen LogP contribution in [-0.2, 0) is 14.3 Å². The SMILES string of the molecule is O=C(CC1CCCC1)N1CCC2(CC1)CC(CCOCC1CC1)CCO2. The van der Waals surface area contributed by atoms with Gasteiger partial charge in [-0.05, 0) is 75.5 Å². The Labute approximate surface area is 159 Å². The third-order valence-corrected chi connectivity index (χ3v) is 7.28. The summed E-state index contributed by atoms with van der Waals surface area (Å²) in [6, 6.07) is 0. The molecule has 2 saturated heterocycles. The molecule has 0 aromatic rings. The lowest BCUT2D eigenvalue weighted by Crippen LogP contribution is -2.51. The van der Waals surface area contributed by atoms with Crippen molar-refractivity contribution in [2.45, 2.75) is 82.7 Å². The van der Waals surface area contributed by atoms with Crippen LogP contribution in [0, 0.1) is 17.8 Å². The van der Waals surface area contributed by atoms with Gasteiger partial charge >= 0.3 is 0 Å². The van der Waals surface area contributed by atoms with Gasteiger partial charge in [0.2, 0.25) is 5.91 Å². The van der Waals surface area contributed by atoms with Crippen molar-refractivity contribution in [3.05, 3.63) is 0 Å². The molecule has 4 nitrogen and oxygen atoms in total. The first-order valence-electron chi connectivity index (χ1n) is 11.2. The molecule has 1 atom stereocenters. The summed E-state index contributed by atoms with van der Waals surface area (Å²) in [4.78, 5) is 14.7. The Morgan fingerprint density at radius 2 is 1.77 bits per heavy atom. The topological polar surface area (TPSA) is 38.8 Å². The first-order chi connectivity index (χ1) is 12.7. The largest absolute Gasteiger partial charge is 0.381 e. The summed E-state index contributed by atoms with van der Waals surface area (Å²) in [6.07, 6.45) is 14.3. The van der Waals surface area contributed by atoms with Crippen LogP contribution in [0.3, 0.4) is 0 Å². The second kappa shape index (κ2) is 8.60. The molecule has 2 aliphatic heterocycles. The van der Waals surface area contributed by atoms with E-state index in [1.807, 2.05) is 0 Å². The maximum Gasteiger partial charge on any atom is 0.222 e. The maximum absolute atomic E-state index is 12.6. The Kier molecular flexibility index (Phi) is 6.20. The number of hydrogen-bond donors (Lipinski definition) is 0. The van der Waals surface area contributed by atoms with Crippen LogP contribution in [0.5, 0.6) is 0 Å². The van der Waals surface area contributed by atoms with E-state index in [0.717, 1.165) is 64.0 Å². The lowest BCUT2D eigenvalue weighted by Gasteiger charge is -2.46. The predicted molar refractivity (Wildman–Crippen MR) is 102 cm³/mol. The average Bonchev–Trinajstić information content (AvgIpc) is 3.34. The van der Waals surface area contributed by atoms with E-state index in [1.54, 1.807) is 0 Å². The van der Waals surface area contributed by atoms with Gasteiger partial charge in [0.05, 0.1) is 5.60 Å². The third kappa shape index (κ3) is 5.01. The van der Waals surface area contributed by atoms with E-state index in [1.165, 1.54) is 57.8 Å². The van der Waals surface area contributed by atoms with Crippen LogP contribution >= 0.6 is 0 Å². The summed E-state index contributed by atoms with van der Waals surface area (Å²) in [6.45, 7) is 4.59. The fraction of sp³-hybridized carbons (Fsp3) is 0.955. The van der Waals surface area contributed by atoms with Crippen molar-refractivity contribution < 1.29 is 14.3 Å². The molecule has 0 N–H and O–H groups in total. The van der Waals surface area contributed by atoms with E-state index in [0.29, 0.717) is 11.8 Å². The molecular weight excluding hydrogens is 326 g/mol. The van der Waals surface area contributed by atoms with Gasteiger partial charge in [-0.25, -0.2) is 0 Å². The molecule has 26 heavy (non-hydrogen) atoms. The van der Waals surface area contributed by atoms with Gasteiger partial charge in [0, 0.05) is 39.3 Å². The number of ether oxygens (including phenoxy) is 2. The van der Waals surface area contributed by atoms with Gasteiger partial charge in [-0.2, -0.15) is 0 Å². The van der Waals surface area contributed by atoms with E-state index < -0.39 is 0 Å². The first-order valence-corrected chi connectivity index (χ1v) is 11.2. The maximum atomic E-state index is 12.6. The van der Waals surface area contributed by atoms with Crippen LogP contribution in [0.15, 0.2) is 0 Å². The molecule has 0 aromatic heterocycles. The molecule has 0 bridgehead atoms. The third-order valence-electron chi connectivity index (χ3n) is 7.28. The Morgan fingerprint density at radius 3 is 2.50 bits per heavy atom. The van der Waals surface area contributed by atoms with Crippen molar-refractivity contribution in [1.29, 1.82) is 0 Å². The molecule has 1 spiro atoms. The molecule has 2 heterocycles. The van der Waals surface area contributed by atoms with E-state index >= 15 is 0 Å². The van der Waals surface area contributed by atoms with Crippen LogP contribution in [0.25, 0.3) is 0 Å². The Morgan fingerprint density at radius 1 is 1.00 bits per heavy atom. The summed E-state index contributed by atoms with van der Waals surface area (Å²) in [5.41, 5.74) is 0.0452. The highest BCUT2D eigenvalue weighted by Crippen LogP contribution is 2.39. The van der Waals surface area contributed by atoms with Gasteiger partial charge in [-0.3, -0.25) is 4.79 Å². The minimum Gasteiger partial charge on any atom is -0.381 e. The molecule has 148 valence electrons. The average molecular weight is 364 g/mol. The highest BCUT2D eigenvalue weighted by Gasteiger charge is 2.41. The molecule has 1 amide bonds. The van der Waals surface area contributed by atoms with Crippen molar-refractivity contribution in [1.82, 2.24) is 4.90 Å². The van der Waals surface area contributed by atoms with Crippen molar-refractivity contribution in [3.8, 4) is 0 Å². The smallest absolute Gasteiger partial charge is 0.222 e. The molecule has 4 aliphatic rings. The van der Waals surface area contributed by atoms with Gasteiger partial charge in [-0.15, -0.1) is 0 Å². The number of piperidine rings is 1. The molecule has 0 radical (unpaired) electrons. The predicted octanol–water partition coefficient (Wildman–Crippen LogP) is 4.17. The lowest BCUT2D eigenvalue weighted by atomic mass is 9.78. The van der Waals surface area contributed by atoms with Crippen LogP contribution in [0.4, 0.5) is 0 Å². The van der Waals surface area contributed by atoms with Crippen LogP contribution in [0.2, 0.25) is 0 Å². The molecule has 2 aliphatic carbocycles. The summed E-state index contributed by atoms with van der Waals surface area (Å²) >= 11 is 0. The Hall–Kier alpha value is -0.610. The molecule has 2 saturated carbocycles. The summed E-state index contributed by atoms with van der Waals surface area (Å²) in [7, 11) is 0. The molecule has 1 unspecified atom stereocenters. The monoisotopic (exact) mass is 363 g/mol. The van der Waals surface area contributed by atoms with E-state index in [4.69, 9.17) is 9.47 Å². The lowest BCUT2D eigenvalue weighted by molar-refractivity contribution is -0.148. The zero-order valence-corrected chi connectivity index (χ0v) is 16.4.